The molecule has 0 radical (unpaired) electrons. The second-order valence-corrected chi connectivity index (χ2v) is 6.44. The summed E-state index contributed by atoms with van der Waals surface area (Å²) in [4.78, 5) is 35.8. The van der Waals surface area contributed by atoms with Crippen LogP contribution in [0.4, 0.5) is 0 Å². The number of hydrogen-bond acceptors (Lipinski definition) is 5. The number of nitrogens with zero attached hydrogens (tertiary/aromatic N) is 2. The second kappa shape index (κ2) is 8.83. The first-order valence-corrected chi connectivity index (χ1v) is 7.88. The van der Waals surface area contributed by atoms with E-state index >= 15 is 0 Å². The summed E-state index contributed by atoms with van der Waals surface area (Å²) in [6, 6.07) is 0. The molecule has 0 aromatic rings. The van der Waals surface area contributed by atoms with Crippen molar-refractivity contribution in [2.75, 3.05) is 32.7 Å². The van der Waals surface area contributed by atoms with Gasteiger partial charge in [-0.1, -0.05) is 6.92 Å². The Bertz CT molecular complexity index is 421. The van der Waals surface area contributed by atoms with E-state index in [1.165, 1.54) is 0 Å². The van der Waals surface area contributed by atoms with E-state index in [-0.39, 0.29) is 24.4 Å². The first kappa shape index (κ1) is 19.4. The van der Waals surface area contributed by atoms with E-state index < -0.39 is 5.41 Å². The van der Waals surface area contributed by atoms with Crippen molar-refractivity contribution in [1.29, 1.82) is 0 Å². The SMILES string of the molecule is CC1(C(N)=O)CCN(C(=O)CN2CCCC(O)C2)CC1.O=CO. The van der Waals surface area contributed by atoms with Crippen LogP contribution in [0.3, 0.4) is 0 Å². The van der Waals surface area contributed by atoms with Gasteiger partial charge in [-0.2, -0.15) is 0 Å². The van der Waals surface area contributed by atoms with Gasteiger partial charge in [-0.15, -0.1) is 0 Å². The van der Waals surface area contributed by atoms with Gasteiger partial charge in [0.05, 0.1) is 12.6 Å². The van der Waals surface area contributed by atoms with Gasteiger partial charge in [-0.3, -0.25) is 19.3 Å². The number of likely N-dealkylation sites (tertiary alicyclic amines) is 2. The Hall–Kier alpha value is -1.67. The minimum atomic E-state index is -0.474. The topological polar surface area (TPSA) is 124 Å². The summed E-state index contributed by atoms with van der Waals surface area (Å²) in [5, 5.41) is 16.5. The Morgan fingerprint density at radius 2 is 1.87 bits per heavy atom. The molecule has 1 atom stereocenters. The van der Waals surface area contributed by atoms with Crippen LogP contribution in [-0.4, -0.2) is 77.1 Å². The van der Waals surface area contributed by atoms with Crippen LogP contribution in [0.1, 0.15) is 32.6 Å². The molecule has 0 aromatic heterocycles. The molecular formula is C15H27N3O5. The normalized spacial score (nSPS) is 24.3. The molecule has 0 bridgehead atoms. The van der Waals surface area contributed by atoms with Crippen LogP contribution in [0.5, 0.6) is 0 Å². The lowest BCUT2D eigenvalue weighted by molar-refractivity contribution is -0.139. The Labute approximate surface area is 136 Å². The monoisotopic (exact) mass is 329 g/mol. The summed E-state index contributed by atoms with van der Waals surface area (Å²) in [6.07, 6.45) is 2.73. The number of rotatable bonds is 3. The number of piperidine rings is 2. The molecule has 0 spiro atoms. The highest BCUT2D eigenvalue weighted by Gasteiger charge is 2.36. The number of carbonyl (C=O) groups excluding carboxylic acids is 2. The Morgan fingerprint density at radius 3 is 2.35 bits per heavy atom. The van der Waals surface area contributed by atoms with E-state index in [4.69, 9.17) is 15.6 Å². The van der Waals surface area contributed by atoms with Gasteiger partial charge in [0.2, 0.25) is 11.8 Å². The van der Waals surface area contributed by atoms with Crippen molar-refractivity contribution >= 4 is 18.3 Å². The van der Waals surface area contributed by atoms with Crippen LogP contribution in [0.2, 0.25) is 0 Å². The standard InChI is InChI=1S/C14H25N3O3.CH2O2/c1-14(13(15)20)4-7-17(8-5-14)12(19)10-16-6-2-3-11(18)9-16;2-1-3/h11,18H,2-10H2,1H3,(H2,15,20);1H,(H,2,3). The summed E-state index contributed by atoms with van der Waals surface area (Å²) < 4.78 is 0. The number of aliphatic hydroxyl groups is 1. The van der Waals surface area contributed by atoms with E-state index in [1.807, 2.05) is 16.7 Å². The number of carbonyl (C=O) groups is 3. The van der Waals surface area contributed by atoms with Gasteiger partial charge in [0.15, 0.2) is 0 Å². The fourth-order valence-corrected chi connectivity index (χ4v) is 2.96. The van der Waals surface area contributed by atoms with Crippen molar-refractivity contribution in [2.45, 2.75) is 38.7 Å². The van der Waals surface area contributed by atoms with Crippen LogP contribution < -0.4 is 5.73 Å². The summed E-state index contributed by atoms with van der Waals surface area (Å²) in [5.74, 6) is -0.186. The smallest absolute Gasteiger partial charge is 0.290 e. The maximum Gasteiger partial charge on any atom is 0.290 e. The molecule has 8 heteroatoms. The molecule has 23 heavy (non-hydrogen) atoms. The summed E-state index contributed by atoms with van der Waals surface area (Å²) in [5.41, 5.74) is 4.94. The van der Waals surface area contributed by atoms with E-state index in [1.54, 1.807) is 0 Å². The molecule has 8 nitrogen and oxygen atoms in total. The first-order chi connectivity index (χ1) is 10.8. The van der Waals surface area contributed by atoms with Gasteiger partial charge in [0.25, 0.3) is 6.47 Å². The van der Waals surface area contributed by atoms with E-state index in [0.29, 0.717) is 39.0 Å². The van der Waals surface area contributed by atoms with E-state index in [9.17, 15) is 14.7 Å². The van der Waals surface area contributed by atoms with Gasteiger partial charge in [-0.05, 0) is 32.2 Å². The molecule has 2 saturated heterocycles. The van der Waals surface area contributed by atoms with Crippen molar-refractivity contribution in [3.63, 3.8) is 0 Å². The summed E-state index contributed by atoms with van der Waals surface area (Å²) >= 11 is 0. The van der Waals surface area contributed by atoms with Crippen LogP contribution in [0.25, 0.3) is 0 Å². The highest BCUT2D eigenvalue weighted by atomic mass is 16.3. The highest BCUT2D eigenvalue weighted by molar-refractivity contribution is 5.82. The number of β-amino-alcohol motifs (C(OH)–C–C–N with tert-alkyl or cyclic N) is 1. The largest absolute Gasteiger partial charge is 0.483 e. The number of carboxylic acid groups (broad SMARTS) is 1. The van der Waals surface area contributed by atoms with Gasteiger partial charge in [-0.25, -0.2) is 0 Å². The third-order valence-electron chi connectivity index (χ3n) is 4.65. The van der Waals surface area contributed by atoms with Crippen LogP contribution >= 0.6 is 0 Å². The molecule has 2 rings (SSSR count). The summed E-state index contributed by atoms with van der Waals surface area (Å²) in [6.45, 7) is 4.63. The Kier molecular flexibility index (Phi) is 7.44. The lowest BCUT2D eigenvalue weighted by atomic mass is 9.80. The zero-order valence-corrected chi connectivity index (χ0v) is 13.6. The molecule has 0 aromatic carbocycles. The minimum absolute atomic E-state index is 0.0885. The molecule has 0 saturated carbocycles. The molecule has 0 aliphatic carbocycles. The molecule has 1 unspecified atom stereocenters. The molecule has 132 valence electrons. The molecule has 2 heterocycles. The lowest BCUT2D eigenvalue weighted by Gasteiger charge is -2.38. The first-order valence-electron chi connectivity index (χ1n) is 7.88. The third-order valence-corrected chi connectivity index (χ3v) is 4.65. The second-order valence-electron chi connectivity index (χ2n) is 6.44. The van der Waals surface area contributed by atoms with Gasteiger partial charge < -0.3 is 20.8 Å². The Balaban J connectivity index is 0.000000816. The van der Waals surface area contributed by atoms with Crippen molar-refractivity contribution in [3.05, 3.63) is 0 Å². The maximum absolute atomic E-state index is 12.2. The van der Waals surface area contributed by atoms with Crippen LogP contribution in [-0.2, 0) is 14.4 Å². The molecule has 2 fully saturated rings. The van der Waals surface area contributed by atoms with E-state index in [2.05, 4.69) is 0 Å². The third kappa shape index (κ3) is 5.80. The molecule has 2 aliphatic rings. The number of aliphatic hydroxyl groups excluding tert-OH is 1. The zero-order valence-electron chi connectivity index (χ0n) is 13.6. The number of hydrogen-bond donors (Lipinski definition) is 3. The number of nitrogens with two attached hydrogens (primary N) is 1. The number of amides is 2. The van der Waals surface area contributed by atoms with Crippen molar-refractivity contribution < 1.29 is 24.6 Å². The Morgan fingerprint density at radius 1 is 1.30 bits per heavy atom. The molecular weight excluding hydrogens is 302 g/mol. The predicted octanol–water partition coefficient (Wildman–Crippen LogP) is -0.742. The highest BCUT2D eigenvalue weighted by Crippen LogP contribution is 2.30. The average molecular weight is 329 g/mol. The van der Waals surface area contributed by atoms with Crippen LogP contribution in [0, 0.1) is 5.41 Å². The van der Waals surface area contributed by atoms with Crippen LogP contribution in [0.15, 0.2) is 0 Å². The molecule has 2 aliphatic heterocycles. The van der Waals surface area contributed by atoms with Crippen molar-refractivity contribution in [2.24, 2.45) is 11.1 Å². The molecule has 4 N–H and O–H groups in total. The maximum atomic E-state index is 12.2. The average Bonchev–Trinajstić information content (AvgIpc) is 2.48. The molecule has 2 amide bonds. The van der Waals surface area contributed by atoms with Gasteiger partial charge >= 0.3 is 0 Å². The fourth-order valence-electron chi connectivity index (χ4n) is 2.96. The predicted molar refractivity (Wildman–Crippen MR) is 83.5 cm³/mol. The van der Waals surface area contributed by atoms with E-state index in [0.717, 1.165) is 19.4 Å². The number of primary amides is 1. The quantitative estimate of drug-likeness (QED) is 0.586. The van der Waals surface area contributed by atoms with Crippen molar-refractivity contribution in [1.82, 2.24) is 9.80 Å². The minimum Gasteiger partial charge on any atom is -0.483 e. The fraction of sp³-hybridized carbons (Fsp3) is 0.800. The van der Waals surface area contributed by atoms with Gasteiger partial charge in [0.1, 0.15) is 0 Å². The lowest BCUT2D eigenvalue weighted by Crippen LogP contribution is -2.51. The van der Waals surface area contributed by atoms with Gasteiger partial charge in [0, 0.05) is 25.0 Å². The van der Waals surface area contributed by atoms with Crippen molar-refractivity contribution in [3.8, 4) is 0 Å². The zero-order chi connectivity index (χ0) is 17.5. The summed E-state index contributed by atoms with van der Waals surface area (Å²) in [7, 11) is 0.